The van der Waals surface area contributed by atoms with Gasteiger partial charge in [-0.2, -0.15) is 0 Å². The Bertz CT molecular complexity index is 1070. The van der Waals surface area contributed by atoms with Gasteiger partial charge in [0.05, 0.1) is 25.5 Å². The van der Waals surface area contributed by atoms with Gasteiger partial charge in [-0.15, -0.1) is 10.2 Å². The van der Waals surface area contributed by atoms with Gasteiger partial charge in [0.2, 0.25) is 0 Å². The van der Waals surface area contributed by atoms with E-state index >= 15 is 0 Å². The molecule has 2 aromatic heterocycles. The third-order valence-electron chi connectivity index (χ3n) is 6.02. The van der Waals surface area contributed by atoms with E-state index in [9.17, 15) is 4.79 Å². The Morgan fingerprint density at radius 2 is 2.00 bits per heavy atom. The fourth-order valence-corrected chi connectivity index (χ4v) is 5.16. The average molecular weight is 453 g/mol. The molecule has 0 unspecified atom stereocenters. The Balaban J connectivity index is 1.61. The zero-order valence-corrected chi connectivity index (χ0v) is 19.5. The maximum Gasteiger partial charge on any atom is 0.192 e. The number of ketones is 1. The van der Waals surface area contributed by atoms with Gasteiger partial charge in [0.15, 0.2) is 16.8 Å². The van der Waals surface area contributed by atoms with Crippen molar-refractivity contribution in [1.29, 1.82) is 0 Å². The molecule has 1 aromatic carbocycles. The third kappa shape index (κ3) is 4.65. The van der Waals surface area contributed by atoms with Crippen molar-refractivity contribution < 1.29 is 14.3 Å². The van der Waals surface area contributed by atoms with E-state index in [4.69, 9.17) is 9.47 Å². The molecule has 0 N–H and O–H groups in total. The number of rotatable bonds is 8. The number of nitrogens with zero attached hydrogens (tertiary/aromatic N) is 4. The number of hydrogen-bond donors (Lipinski definition) is 0. The molecule has 3 aromatic rings. The molecule has 168 valence electrons. The summed E-state index contributed by atoms with van der Waals surface area (Å²) in [5, 5.41) is 9.75. The van der Waals surface area contributed by atoms with Crippen molar-refractivity contribution in [2.24, 2.45) is 5.92 Å². The van der Waals surface area contributed by atoms with Crippen molar-refractivity contribution in [2.75, 3.05) is 20.0 Å². The predicted molar refractivity (Wildman–Crippen MR) is 125 cm³/mol. The van der Waals surface area contributed by atoms with Crippen LogP contribution in [-0.4, -0.2) is 45.5 Å². The monoisotopic (exact) mass is 452 g/mol. The highest BCUT2D eigenvalue weighted by Crippen LogP contribution is 2.39. The molecular formula is C24H28N4O3S. The van der Waals surface area contributed by atoms with Crippen LogP contribution >= 0.6 is 11.8 Å². The summed E-state index contributed by atoms with van der Waals surface area (Å²) in [7, 11) is 3.14. The molecule has 32 heavy (non-hydrogen) atoms. The standard InChI is InChI=1S/C24H28N4O3S/c1-16-7-4-5-9-20(16)28-23(17-8-6-12-25-14-17)26-27-24(28)32-15-21(29)19-11-10-18(30-2)13-22(19)31-3/h6,8,10-14,16,20H,4-5,7,9,15H2,1-3H3/t16-,20+/m1/s1. The molecule has 1 saturated carbocycles. The summed E-state index contributed by atoms with van der Waals surface area (Å²) < 4.78 is 12.9. The van der Waals surface area contributed by atoms with Gasteiger partial charge in [-0.1, -0.05) is 31.5 Å². The lowest BCUT2D eigenvalue weighted by atomic mass is 9.85. The Morgan fingerprint density at radius 1 is 1.16 bits per heavy atom. The lowest BCUT2D eigenvalue weighted by Gasteiger charge is -2.31. The Labute approximate surface area is 192 Å². The molecule has 0 saturated heterocycles. The molecule has 1 aliphatic carbocycles. The molecule has 8 heteroatoms. The van der Waals surface area contributed by atoms with Crippen LogP contribution in [0.3, 0.4) is 0 Å². The van der Waals surface area contributed by atoms with Crippen molar-refractivity contribution in [3.05, 3.63) is 48.3 Å². The fraction of sp³-hybridized carbons (Fsp3) is 0.417. The van der Waals surface area contributed by atoms with Gasteiger partial charge < -0.3 is 9.47 Å². The Hall–Kier alpha value is -2.87. The number of ether oxygens (including phenoxy) is 2. The number of benzene rings is 1. The molecule has 0 spiro atoms. The maximum atomic E-state index is 13.0. The Kier molecular flexibility index (Phi) is 7.09. The zero-order chi connectivity index (χ0) is 22.5. The van der Waals surface area contributed by atoms with Gasteiger partial charge in [-0.05, 0) is 43.0 Å². The van der Waals surface area contributed by atoms with Crippen LogP contribution in [-0.2, 0) is 0 Å². The molecule has 0 radical (unpaired) electrons. The van der Waals surface area contributed by atoms with Gasteiger partial charge in [0.25, 0.3) is 0 Å². The number of aromatic nitrogens is 4. The van der Waals surface area contributed by atoms with E-state index in [-0.39, 0.29) is 11.5 Å². The van der Waals surface area contributed by atoms with Crippen LogP contribution in [0.15, 0.2) is 47.9 Å². The first-order chi connectivity index (χ1) is 15.6. The van der Waals surface area contributed by atoms with Crippen LogP contribution in [0, 0.1) is 5.92 Å². The summed E-state index contributed by atoms with van der Waals surface area (Å²) in [6.45, 7) is 2.29. The molecule has 1 aliphatic rings. The van der Waals surface area contributed by atoms with Crippen LogP contribution in [0.25, 0.3) is 11.4 Å². The molecular weight excluding hydrogens is 424 g/mol. The summed E-state index contributed by atoms with van der Waals surface area (Å²) in [5.74, 6) is 2.71. The highest BCUT2D eigenvalue weighted by Gasteiger charge is 2.29. The smallest absolute Gasteiger partial charge is 0.192 e. The molecule has 2 heterocycles. The first kappa shape index (κ1) is 22.3. The number of methoxy groups -OCH3 is 2. The van der Waals surface area contributed by atoms with Crippen LogP contribution in [0.5, 0.6) is 11.5 Å². The molecule has 7 nitrogen and oxygen atoms in total. The second kappa shape index (κ2) is 10.2. The van der Waals surface area contributed by atoms with E-state index in [0.29, 0.717) is 29.0 Å². The second-order valence-electron chi connectivity index (χ2n) is 8.03. The van der Waals surface area contributed by atoms with E-state index in [2.05, 4.69) is 26.7 Å². The van der Waals surface area contributed by atoms with Gasteiger partial charge in [-0.3, -0.25) is 14.3 Å². The van der Waals surface area contributed by atoms with E-state index in [1.807, 2.05) is 18.3 Å². The predicted octanol–water partition coefficient (Wildman–Crippen LogP) is 5.08. The van der Waals surface area contributed by atoms with Crippen molar-refractivity contribution >= 4 is 17.5 Å². The lowest BCUT2D eigenvalue weighted by molar-refractivity contribution is 0.101. The highest BCUT2D eigenvalue weighted by molar-refractivity contribution is 7.99. The van der Waals surface area contributed by atoms with E-state index in [1.54, 1.807) is 38.6 Å². The quantitative estimate of drug-likeness (QED) is 0.348. The molecule has 2 atom stereocenters. The largest absolute Gasteiger partial charge is 0.497 e. The molecule has 0 bridgehead atoms. The van der Waals surface area contributed by atoms with E-state index in [1.165, 1.54) is 31.0 Å². The fourth-order valence-electron chi connectivity index (χ4n) is 4.28. The number of carbonyl (C=O) groups is 1. The van der Waals surface area contributed by atoms with Crippen LogP contribution in [0.1, 0.15) is 49.0 Å². The minimum Gasteiger partial charge on any atom is -0.497 e. The number of thioether (sulfide) groups is 1. The van der Waals surface area contributed by atoms with Crippen molar-refractivity contribution in [1.82, 2.24) is 19.7 Å². The van der Waals surface area contributed by atoms with Crippen LogP contribution in [0.4, 0.5) is 0 Å². The minimum absolute atomic E-state index is 0.0244. The van der Waals surface area contributed by atoms with Crippen molar-refractivity contribution in [3.63, 3.8) is 0 Å². The summed E-state index contributed by atoms with van der Waals surface area (Å²) in [6.07, 6.45) is 8.27. The number of carbonyl (C=O) groups excluding carboxylic acids is 1. The number of Topliss-reactive ketones (excluding diaryl/α,β-unsaturated/α-hetero) is 1. The topological polar surface area (TPSA) is 79.1 Å². The summed E-state index contributed by atoms with van der Waals surface area (Å²) in [6, 6.07) is 9.46. The molecule has 0 amide bonds. The summed E-state index contributed by atoms with van der Waals surface area (Å²) in [5.41, 5.74) is 1.47. The SMILES string of the molecule is COc1ccc(C(=O)CSc2nnc(-c3cccnc3)n2[C@H]2CCCC[C@H]2C)c(OC)c1. The minimum atomic E-state index is -0.0244. The first-order valence-electron chi connectivity index (χ1n) is 10.9. The van der Waals surface area contributed by atoms with Gasteiger partial charge in [0, 0.05) is 30.1 Å². The van der Waals surface area contributed by atoms with Crippen molar-refractivity contribution in [2.45, 2.75) is 43.8 Å². The van der Waals surface area contributed by atoms with Gasteiger partial charge >= 0.3 is 0 Å². The molecule has 1 fully saturated rings. The maximum absolute atomic E-state index is 13.0. The average Bonchev–Trinajstić information content (AvgIpc) is 3.26. The van der Waals surface area contributed by atoms with Gasteiger partial charge in [0.1, 0.15) is 11.5 Å². The number of pyridine rings is 1. The molecule has 0 aliphatic heterocycles. The lowest BCUT2D eigenvalue weighted by Crippen LogP contribution is -2.22. The summed E-state index contributed by atoms with van der Waals surface area (Å²) >= 11 is 1.42. The normalized spacial score (nSPS) is 18.3. The van der Waals surface area contributed by atoms with Crippen LogP contribution in [0.2, 0.25) is 0 Å². The third-order valence-corrected chi connectivity index (χ3v) is 6.97. The summed E-state index contributed by atoms with van der Waals surface area (Å²) in [4.78, 5) is 17.3. The van der Waals surface area contributed by atoms with Crippen molar-refractivity contribution in [3.8, 4) is 22.9 Å². The Morgan fingerprint density at radius 3 is 2.72 bits per heavy atom. The van der Waals surface area contributed by atoms with Gasteiger partial charge in [-0.25, -0.2) is 0 Å². The zero-order valence-electron chi connectivity index (χ0n) is 18.7. The second-order valence-corrected chi connectivity index (χ2v) is 8.97. The number of hydrogen-bond acceptors (Lipinski definition) is 7. The molecule has 4 rings (SSSR count). The van der Waals surface area contributed by atoms with E-state index < -0.39 is 0 Å². The van der Waals surface area contributed by atoms with E-state index in [0.717, 1.165) is 23.0 Å². The van der Waals surface area contributed by atoms with Crippen LogP contribution < -0.4 is 9.47 Å². The highest BCUT2D eigenvalue weighted by atomic mass is 32.2. The first-order valence-corrected chi connectivity index (χ1v) is 11.8.